The Labute approximate surface area is 156 Å². The Balaban J connectivity index is 1.42. The molecule has 0 unspecified atom stereocenters. The summed E-state index contributed by atoms with van der Waals surface area (Å²) in [6.07, 6.45) is 0. The monoisotopic (exact) mass is 364 g/mol. The zero-order valence-corrected chi connectivity index (χ0v) is 15.1. The quantitative estimate of drug-likeness (QED) is 0.717. The van der Waals surface area contributed by atoms with Crippen LogP contribution < -0.4 is 4.74 Å². The number of piperazine rings is 1. The zero-order chi connectivity index (χ0) is 18.8. The topological polar surface area (TPSA) is 63.0 Å². The van der Waals surface area contributed by atoms with Crippen molar-refractivity contribution >= 4 is 22.8 Å². The van der Waals surface area contributed by atoms with E-state index >= 15 is 0 Å². The van der Waals surface area contributed by atoms with Crippen molar-refractivity contribution < 1.29 is 18.7 Å². The summed E-state index contributed by atoms with van der Waals surface area (Å²) in [7, 11) is 1.58. The third-order valence-electron chi connectivity index (χ3n) is 4.81. The number of furan rings is 1. The first-order chi connectivity index (χ1) is 13.2. The third kappa shape index (κ3) is 3.38. The molecule has 4 rings (SSSR count). The summed E-state index contributed by atoms with van der Waals surface area (Å²) in [5, 5.41) is 0.910. The molecule has 0 atom stereocenters. The van der Waals surface area contributed by atoms with Crippen molar-refractivity contribution in [3.63, 3.8) is 0 Å². The maximum Gasteiger partial charge on any atom is 0.289 e. The van der Waals surface area contributed by atoms with Crippen LogP contribution in [0.3, 0.4) is 0 Å². The van der Waals surface area contributed by atoms with E-state index in [0.717, 1.165) is 5.39 Å². The Morgan fingerprint density at radius 3 is 2.30 bits per heavy atom. The highest BCUT2D eigenvalue weighted by molar-refractivity contribution is 5.97. The maximum atomic E-state index is 12.7. The van der Waals surface area contributed by atoms with Gasteiger partial charge in [0.1, 0.15) is 11.3 Å². The summed E-state index contributed by atoms with van der Waals surface area (Å²) in [6.45, 7) is 1.93. The summed E-state index contributed by atoms with van der Waals surface area (Å²) in [4.78, 5) is 28.9. The van der Waals surface area contributed by atoms with Crippen LogP contribution in [-0.4, -0.2) is 54.9 Å². The fourth-order valence-corrected chi connectivity index (χ4v) is 3.29. The Morgan fingerprint density at radius 2 is 1.59 bits per heavy atom. The van der Waals surface area contributed by atoms with Crippen molar-refractivity contribution in [1.82, 2.24) is 9.80 Å². The fraction of sp³-hybridized carbons (Fsp3) is 0.238. The SMILES string of the molecule is COc1cccc(C(=O)N2CCN(C(=O)c3cc4ccccc4o3)CC2)c1. The molecule has 1 fully saturated rings. The largest absolute Gasteiger partial charge is 0.497 e. The Bertz CT molecular complexity index is 954. The highest BCUT2D eigenvalue weighted by Gasteiger charge is 2.27. The molecule has 2 amide bonds. The Morgan fingerprint density at radius 1 is 0.889 bits per heavy atom. The highest BCUT2D eigenvalue weighted by Crippen LogP contribution is 2.21. The molecule has 0 N–H and O–H groups in total. The van der Waals surface area contributed by atoms with Gasteiger partial charge in [-0.2, -0.15) is 0 Å². The van der Waals surface area contributed by atoms with Crippen LogP contribution in [0.5, 0.6) is 5.75 Å². The highest BCUT2D eigenvalue weighted by atomic mass is 16.5. The minimum atomic E-state index is -0.139. The van der Waals surface area contributed by atoms with Gasteiger partial charge < -0.3 is 19.0 Å². The number of benzene rings is 2. The molecule has 0 spiro atoms. The molecule has 0 radical (unpaired) electrons. The lowest BCUT2D eigenvalue weighted by molar-refractivity contribution is 0.0519. The molecule has 1 aromatic heterocycles. The summed E-state index contributed by atoms with van der Waals surface area (Å²) < 4.78 is 10.8. The van der Waals surface area contributed by atoms with Crippen molar-refractivity contribution in [3.05, 3.63) is 65.9 Å². The lowest BCUT2D eigenvalue weighted by atomic mass is 10.1. The molecule has 2 heterocycles. The number of fused-ring (bicyclic) bond motifs is 1. The molecule has 1 saturated heterocycles. The molecular weight excluding hydrogens is 344 g/mol. The molecule has 1 aliphatic heterocycles. The van der Waals surface area contributed by atoms with Gasteiger partial charge in [0.15, 0.2) is 5.76 Å². The van der Waals surface area contributed by atoms with Crippen LogP contribution in [0.4, 0.5) is 0 Å². The Kier molecular flexibility index (Phi) is 4.54. The number of methoxy groups -OCH3 is 1. The molecule has 0 saturated carbocycles. The second kappa shape index (κ2) is 7.15. The minimum Gasteiger partial charge on any atom is -0.497 e. The van der Waals surface area contributed by atoms with Crippen LogP contribution >= 0.6 is 0 Å². The van der Waals surface area contributed by atoms with Crippen LogP contribution in [0, 0.1) is 0 Å². The van der Waals surface area contributed by atoms with Gasteiger partial charge in [0, 0.05) is 37.1 Å². The third-order valence-corrected chi connectivity index (χ3v) is 4.81. The average Bonchev–Trinajstić information content (AvgIpc) is 3.17. The molecule has 6 nitrogen and oxygen atoms in total. The summed E-state index contributed by atoms with van der Waals surface area (Å²) in [6, 6.07) is 16.4. The number of amides is 2. The van der Waals surface area contributed by atoms with Crippen molar-refractivity contribution in [2.75, 3.05) is 33.3 Å². The van der Waals surface area contributed by atoms with Gasteiger partial charge in [-0.15, -0.1) is 0 Å². The maximum absolute atomic E-state index is 12.7. The van der Waals surface area contributed by atoms with E-state index in [-0.39, 0.29) is 11.8 Å². The Hall–Kier alpha value is -3.28. The van der Waals surface area contributed by atoms with E-state index in [4.69, 9.17) is 9.15 Å². The second-order valence-electron chi connectivity index (χ2n) is 6.46. The van der Waals surface area contributed by atoms with E-state index in [9.17, 15) is 9.59 Å². The van der Waals surface area contributed by atoms with Crippen LogP contribution in [0.15, 0.2) is 59.0 Å². The zero-order valence-electron chi connectivity index (χ0n) is 15.1. The van der Waals surface area contributed by atoms with Crippen molar-refractivity contribution in [2.24, 2.45) is 0 Å². The molecule has 6 heteroatoms. The minimum absolute atomic E-state index is 0.0512. The van der Waals surface area contributed by atoms with Gasteiger partial charge in [-0.25, -0.2) is 0 Å². The number of carbonyl (C=O) groups is 2. The molecule has 0 aliphatic carbocycles. The van der Waals surface area contributed by atoms with Crippen LogP contribution in [0.25, 0.3) is 11.0 Å². The average molecular weight is 364 g/mol. The summed E-state index contributed by atoms with van der Waals surface area (Å²) >= 11 is 0. The number of hydrogen-bond donors (Lipinski definition) is 0. The molecule has 138 valence electrons. The molecule has 3 aromatic rings. The van der Waals surface area contributed by atoms with E-state index in [2.05, 4.69) is 0 Å². The van der Waals surface area contributed by atoms with Gasteiger partial charge in [0.05, 0.1) is 7.11 Å². The van der Waals surface area contributed by atoms with Gasteiger partial charge in [-0.05, 0) is 30.3 Å². The lowest BCUT2D eigenvalue weighted by Gasteiger charge is -2.34. The first-order valence-electron chi connectivity index (χ1n) is 8.87. The predicted molar refractivity (Wildman–Crippen MR) is 101 cm³/mol. The van der Waals surface area contributed by atoms with Gasteiger partial charge in [0.2, 0.25) is 0 Å². The van der Waals surface area contributed by atoms with E-state index in [1.165, 1.54) is 0 Å². The smallest absolute Gasteiger partial charge is 0.289 e. The fourth-order valence-electron chi connectivity index (χ4n) is 3.29. The molecule has 27 heavy (non-hydrogen) atoms. The number of para-hydroxylation sites is 1. The van der Waals surface area contributed by atoms with E-state index < -0.39 is 0 Å². The normalized spacial score (nSPS) is 14.4. The number of rotatable bonds is 3. The molecule has 2 aromatic carbocycles. The molecular formula is C21H20N2O4. The van der Waals surface area contributed by atoms with E-state index in [1.54, 1.807) is 47.2 Å². The number of hydrogen-bond acceptors (Lipinski definition) is 4. The summed E-state index contributed by atoms with van der Waals surface area (Å²) in [5.41, 5.74) is 1.29. The number of ether oxygens (including phenoxy) is 1. The van der Waals surface area contributed by atoms with Crippen LogP contribution in [0.1, 0.15) is 20.9 Å². The predicted octanol–water partition coefficient (Wildman–Crippen LogP) is 3.04. The van der Waals surface area contributed by atoms with E-state index in [0.29, 0.717) is 48.8 Å². The van der Waals surface area contributed by atoms with Gasteiger partial charge in [-0.1, -0.05) is 24.3 Å². The van der Waals surface area contributed by atoms with Crippen LogP contribution in [0.2, 0.25) is 0 Å². The molecule has 1 aliphatic rings. The van der Waals surface area contributed by atoms with Crippen molar-refractivity contribution in [3.8, 4) is 5.75 Å². The standard InChI is InChI=1S/C21H20N2O4/c1-26-17-7-4-6-16(13-17)20(24)22-9-11-23(12-10-22)21(25)19-14-15-5-2-3-8-18(15)27-19/h2-8,13-14H,9-12H2,1H3. The van der Waals surface area contributed by atoms with Crippen molar-refractivity contribution in [1.29, 1.82) is 0 Å². The first kappa shape index (κ1) is 17.1. The first-order valence-corrected chi connectivity index (χ1v) is 8.87. The van der Waals surface area contributed by atoms with E-state index in [1.807, 2.05) is 24.3 Å². The van der Waals surface area contributed by atoms with Gasteiger partial charge >= 0.3 is 0 Å². The lowest BCUT2D eigenvalue weighted by Crippen LogP contribution is -2.50. The van der Waals surface area contributed by atoms with Crippen molar-refractivity contribution in [2.45, 2.75) is 0 Å². The molecule has 0 bridgehead atoms. The second-order valence-corrected chi connectivity index (χ2v) is 6.46. The number of nitrogens with zero attached hydrogens (tertiary/aromatic N) is 2. The summed E-state index contributed by atoms with van der Waals surface area (Å²) in [5.74, 6) is 0.799. The van der Waals surface area contributed by atoms with Gasteiger partial charge in [-0.3, -0.25) is 9.59 Å². The number of carbonyl (C=O) groups excluding carboxylic acids is 2. The van der Waals surface area contributed by atoms with Gasteiger partial charge in [0.25, 0.3) is 11.8 Å². The van der Waals surface area contributed by atoms with Crippen LogP contribution in [-0.2, 0) is 0 Å².